The van der Waals surface area contributed by atoms with E-state index in [1.54, 1.807) is 7.11 Å². The third-order valence-corrected chi connectivity index (χ3v) is 7.42. The van der Waals surface area contributed by atoms with Crippen molar-refractivity contribution in [3.05, 3.63) is 64.5 Å². The molecule has 0 atom stereocenters. The minimum atomic E-state index is 0.131. The summed E-state index contributed by atoms with van der Waals surface area (Å²) in [6, 6.07) is 12.4. The molecule has 0 radical (unpaired) electrons. The molecule has 1 aliphatic heterocycles. The van der Waals surface area contributed by atoms with E-state index in [4.69, 9.17) is 10.5 Å². The van der Waals surface area contributed by atoms with Crippen LogP contribution in [0.3, 0.4) is 0 Å². The number of nitrogens with two attached hydrogens (primary N) is 1. The third kappa shape index (κ3) is 4.44. The highest BCUT2D eigenvalue weighted by Crippen LogP contribution is 2.41. The van der Waals surface area contributed by atoms with Crippen molar-refractivity contribution in [1.29, 1.82) is 0 Å². The fourth-order valence-corrected chi connectivity index (χ4v) is 5.18. The highest BCUT2D eigenvalue weighted by Gasteiger charge is 2.30. The van der Waals surface area contributed by atoms with E-state index in [1.165, 1.54) is 17.5 Å². The molecule has 1 saturated heterocycles. The summed E-state index contributed by atoms with van der Waals surface area (Å²) in [7, 11) is 1.63. The first-order chi connectivity index (χ1) is 16.5. The Labute approximate surface area is 200 Å². The number of ether oxygens (including phenoxy) is 1. The van der Waals surface area contributed by atoms with Gasteiger partial charge in [0.15, 0.2) is 11.6 Å². The Morgan fingerprint density at radius 2 is 1.85 bits per heavy atom. The Bertz CT molecular complexity index is 1160. The SMILES string of the molecule is COCc1nc(-c2cc(C(=O)N3CCC(c4ccc(N)cc4)CC3)c(C3CCC3)cc2C)n[nH]1. The molecular weight excluding hydrogens is 426 g/mol. The van der Waals surface area contributed by atoms with E-state index >= 15 is 0 Å². The van der Waals surface area contributed by atoms with Gasteiger partial charge in [0.25, 0.3) is 5.91 Å². The van der Waals surface area contributed by atoms with E-state index < -0.39 is 0 Å². The maximum Gasteiger partial charge on any atom is 0.254 e. The van der Waals surface area contributed by atoms with Crippen molar-refractivity contribution in [2.45, 2.75) is 57.5 Å². The number of likely N-dealkylation sites (tertiary alicyclic amines) is 1. The summed E-state index contributed by atoms with van der Waals surface area (Å²) in [6.45, 7) is 3.98. The van der Waals surface area contributed by atoms with Gasteiger partial charge in [0.05, 0.1) is 0 Å². The van der Waals surface area contributed by atoms with Gasteiger partial charge in [-0.3, -0.25) is 9.89 Å². The fourth-order valence-electron chi connectivity index (χ4n) is 5.18. The van der Waals surface area contributed by atoms with Crippen LogP contribution in [0.4, 0.5) is 5.69 Å². The molecule has 3 N–H and O–H groups in total. The number of carbonyl (C=O) groups is 1. The first-order valence-electron chi connectivity index (χ1n) is 12.2. The molecule has 178 valence electrons. The van der Waals surface area contributed by atoms with Crippen LogP contribution in [0.2, 0.25) is 0 Å². The Hall–Kier alpha value is -3.19. The second-order valence-corrected chi connectivity index (χ2v) is 9.65. The minimum Gasteiger partial charge on any atom is -0.399 e. The molecule has 2 aromatic carbocycles. The Balaban J connectivity index is 1.39. The number of nitrogens with zero attached hydrogens (tertiary/aromatic N) is 3. The van der Waals surface area contributed by atoms with E-state index in [0.29, 0.717) is 30.1 Å². The van der Waals surface area contributed by atoms with Crippen molar-refractivity contribution in [2.24, 2.45) is 0 Å². The second-order valence-electron chi connectivity index (χ2n) is 9.65. The van der Waals surface area contributed by atoms with Gasteiger partial charge < -0.3 is 15.4 Å². The maximum absolute atomic E-state index is 13.8. The summed E-state index contributed by atoms with van der Waals surface area (Å²) < 4.78 is 5.17. The topological polar surface area (TPSA) is 97.1 Å². The first kappa shape index (κ1) is 22.6. The third-order valence-electron chi connectivity index (χ3n) is 7.42. The molecule has 2 heterocycles. The van der Waals surface area contributed by atoms with Crippen molar-refractivity contribution in [3.8, 4) is 11.4 Å². The summed E-state index contributed by atoms with van der Waals surface area (Å²) in [6.07, 6.45) is 5.46. The number of amides is 1. The van der Waals surface area contributed by atoms with Crippen LogP contribution in [-0.2, 0) is 11.3 Å². The van der Waals surface area contributed by atoms with Crippen molar-refractivity contribution >= 4 is 11.6 Å². The zero-order chi connectivity index (χ0) is 23.7. The van der Waals surface area contributed by atoms with E-state index in [2.05, 4.69) is 40.3 Å². The molecule has 1 amide bonds. The highest BCUT2D eigenvalue weighted by atomic mass is 16.5. The Morgan fingerprint density at radius 1 is 1.12 bits per heavy atom. The summed E-state index contributed by atoms with van der Waals surface area (Å²) in [5, 5.41) is 7.33. The van der Waals surface area contributed by atoms with Gasteiger partial charge in [0, 0.05) is 37.0 Å². The van der Waals surface area contributed by atoms with Crippen molar-refractivity contribution < 1.29 is 9.53 Å². The molecule has 0 bridgehead atoms. The van der Waals surface area contributed by atoms with Crippen molar-refractivity contribution in [1.82, 2.24) is 20.1 Å². The molecule has 0 spiro atoms. The van der Waals surface area contributed by atoms with E-state index in [9.17, 15) is 4.79 Å². The minimum absolute atomic E-state index is 0.131. The molecular formula is C27H33N5O2. The molecule has 2 aliphatic rings. The molecule has 1 saturated carbocycles. The number of hydrogen-bond acceptors (Lipinski definition) is 5. The fraction of sp³-hybridized carbons (Fsp3) is 0.444. The van der Waals surface area contributed by atoms with E-state index in [0.717, 1.165) is 61.2 Å². The summed E-state index contributed by atoms with van der Waals surface area (Å²) in [4.78, 5) is 20.4. The normalized spacial score (nSPS) is 17.1. The second kappa shape index (κ2) is 9.58. The number of aryl methyl sites for hydroxylation is 1. The molecule has 2 fully saturated rings. The van der Waals surface area contributed by atoms with Crippen LogP contribution in [0.5, 0.6) is 0 Å². The molecule has 1 aliphatic carbocycles. The number of nitrogen functional groups attached to an aromatic ring is 1. The zero-order valence-corrected chi connectivity index (χ0v) is 20.0. The largest absolute Gasteiger partial charge is 0.399 e. The van der Waals surface area contributed by atoms with Crippen LogP contribution in [0, 0.1) is 6.92 Å². The lowest BCUT2D eigenvalue weighted by atomic mass is 9.76. The lowest BCUT2D eigenvalue weighted by Crippen LogP contribution is -2.38. The number of methoxy groups -OCH3 is 1. The monoisotopic (exact) mass is 459 g/mol. The lowest BCUT2D eigenvalue weighted by molar-refractivity contribution is 0.0710. The summed E-state index contributed by atoms with van der Waals surface area (Å²) >= 11 is 0. The Kier molecular flexibility index (Phi) is 6.37. The van der Waals surface area contributed by atoms with Crippen molar-refractivity contribution in [3.63, 3.8) is 0 Å². The van der Waals surface area contributed by atoms with E-state index in [1.807, 2.05) is 23.1 Å². The van der Waals surface area contributed by atoms with Crippen LogP contribution in [0.15, 0.2) is 36.4 Å². The predicted molar refractivity (Wildman–Crippen MR) is 133 cm³/mol. The molecule has 7 nitrogen and oxygen atoms in total. The quantitative estimate of drug-likeness (QED) is 0.516. The number of aromatic amines is 1. The standard InChI is InChI=1S/C27H33N5O2/c1-17-14-23(20-4-3-5-20)24(15-22(17)26-29-25(16-34-2)30-31-26)27(33)32-12-10-19(11-13-32)18-6-8-21(28)9-7-18/h6-9,14-15,19-20H,3-5,10-13,16,28H2,1-2H3,(H,29,30,31). The van der Waals surface area contributed by atoms with Gasteiger partial charge in [0.2, 0.25) is 0 Å². The molecule has 1 aromatic heterocycles. The average molecular weight is 460 g/mol. The molecule has 3 aromatic rings. The number of aromatic nitrogens is 3. The molecule has 5 rings (SSSR count). The number of anilines is 1. The van der Waals surface area contributed by atoms with Crippen LogP contribution in [0.25, 0.3) is 11.4 Å². The van der Waals surface area contributed by atoms with Crippen LogP contribution < -0.4 is 5.73 Å². The van der Waals surface area contributed by atoms with Gasteiger partial charge in [-0.2, -0.15) is 5.10 Å². The molecule has 34 heavy (non-hydrogen) atoms. The number of benzene rings is 2. The summed E-state index contributed by atoms with van der Waals surface area (Å²) in [5.74, 6) is 2.36. The molecule has 7 heteroatoms. The number of H-pyrrole nitrogens is 1. The number of nitrogens with one attached hydrogen (secondary N) is 1. The number of carbonyl (C=O) groups excluding carboxylic acids is 1. The van der Waals surface area contributed by atoms with Crippen LogP contribution in [-0.4, -0.2) is 46.2 Å². The summed E-state index contributed by atoms with van der Waals surface area (Å²) in [5.41, 5.74) is 12.0. The van der Waals surface area contributed by atoms with Gasteiger partial charge in [0.1, 0.15) is 6.61 Å². The van der Waals surface area contributed by atoms with Crippen LogP contribution in [0.1, 0.15) is 76.8 Å². The smallest absolute Gasteiger partial charge is 0.254 e. The Morgan fingerprint density at radius 3 is 2.50 bits per heavy atom. The average Bonchev–Trinajstić information content (AvgIpc) is 3.27. The maximum atomic E-state index is 13.8. The predicted octanol–water partition coefficient (Wildman–Crippen LogP) is 4.80. The number of hydrogen-bond donors (Lipinski definition) is 2. The van der Waals surface area contributed by atoms with Gasteiger partial charge in [-0.25, -0.2) is 4.98 Å². The van der Waals surface area contributed by atoms with Crippen molar-refractivity contribution in [2.75, 3.05) is 25.9 Å². The first-order valence-corrected chi connectivity index (χ1v) is 12.2. The van der Waals surface area contributed by atoms with Gasteiger partial charge in [-0.1, -0.05) is 24.6 Å². The molecule has 0 unspecified atom stereocenters. The van der Waals surface area contributed by atoms with Gasteiger partial charge >= 0.3 is 0 Å². The van der Waals surface area contributed by atoms with E-state index in [-0.39, 0.29) is 5.91 Å². The highest BCUT2D eigenvalue weighted by molar-refractivity contribution is 5.97. The number of piperidine rings is 1. The van der Waals surface area contributed by atoms with Crippen LogP contribution >= 0.6 is 0 Å². The zero-order valence-electron chi connectivity index (χ0n) is 20.0. The lowest BCUT2D eigenvalue weighted by Gasteiger charge is -2.34. The van der Waals surface area contributed by atoms with Gasteiger partial charge in [-0.05, 0) is 79.3 Å². The van der Waals surface area contributed by atoms with Gasteiger partial charge in [-0.15, -0.1) is 0 Å². The number of rotatable bonds is 6.